The van der Waals surface area contributed by atoms with Crippen molar-refractivity contribution in [1.82, 2.24) is 4.57 Å². The lowest BCUT2D eigenvalue weighted by Gasteiger charge is -2.22. The van der Waals surface area contributed by atoms with E-state index in [0.717, 1.165) is 25.1 Å². The Morgan fingerprint density at radius 1 is 1.30 bits per heavy atom. The van der Waals surface area contributed by atoms with Crippen LogP contribution in [0.15, 0.2) is 30.5 Å². The van der Waals surface area contributed by atoms with Crippen LogP contribution in [0.1, 0.15) is 39.5 Å². The zero-order chi connectivity index (χ0) is 14.2. The number of nitrogens with one attached hydrogen (secondary N) is 1. The molecule has 0 radical (unpaired) electrons. The Hall–Kier alpha value is -1.77. The molecule has 0 unspecified atom stereocenters. The van der Waals surface area contributed by atoms with E-state index in [4.69, 9.17) is 0 Å². The maximum absolute atomic E-state index is 12.4. The lowest BCUT2D eigenvalue weighted by Crippen LogP contribution is -2.30. The molecular weight excluding hydrogens is 248 g/mol. The number of hydrogen-bond donors (Lipinski definition) is 1. The molecule has 1 fully saturated rings. The number of carbonyl (C=O) groups excluding carboxylic acids is 1. The van der Waals surface area contributed by atoms with Crippen molar-refractivity contribution in [2.75, 3.05) is 5.32 Å². The standard InChI is InChI=1S/C17H22N2O/c1-3-19-11-8-13-12-14(6-7-15(13)19)18-16(20)17(2)9-4-5-10-17/h6-8,11-12H,3-5,9-10H2,1-2H3,(H,18,20). The van der Waals surface area contributed by atoms with Crippen LogP contribution in [0.25, 0.3) is 10.9 Å². The Labute approximate surface area is 120 Å². The number of nitrogens with zero attached hydrogens (tertiary/aromatic N) is 1. The second-order valence-corrected chi connectivity index (χ2v) is 6.10. The first-order valence-electron chi connectivity index (χ1n) is 7.53. The molecule has 1 amide bonds. The zero-order valence-corrected chi connectivity index (χ0v) is 12.3. The Morgan fingerprint density at radius 3 is 2.75 bits per heavy atom. The summed E-state index contributed by atoms with van der Waals surface area (Å²) in [5.74, 6) is 0.171. The van der Waals surface area contributed by atoms with Crippen LogP contribution in [0.4, 0.5) is 5.69 Å². The summed E-state index contributed by atoms with van der Waals surface area (Å²) in [5, 5.41) is 4.28. The fraction of sp³-hybridized carbons (Fsp3) is 0.471. The van der Waals surface area contributed by atoms with E-state index < -0.39 is 0 Å². The average Bonchev–Trinajstić information content (AvgIpc) is 3.05. The number of hydrogen-bond acceptors (Lipinski definition) is 1. The average molecular weight is 270 g/mol. The van der Waals surface area contributed by atoms with Crippen molar-refractivity contribution in [3.8, 4) is 0 Å². The largest absolute Gasteiger partial charge is 0.348 e. The summed E-state index contributed by atoms with van der Waals surface area (Å²) in [5.41, 5.74) is 1.95. The Morgan fingerprint density at radius 2 is 2.05 bits per heavy atom. The fourth-order valence-electron chi connectivity index (χ4n) is 3.22. The topological polar surface area (TPSA) is 34.0 Å². The summed E-state index contributed by atoms with van der Waals surface area (Å²) in [6.07, 6.45) is 6.44. The SMILES string of the molecule is CCn1ccc2cc(NC(=O)C3(C)CCCC3)ccc21. The third-order valence-corrected chi connectivity index (χ3v) is 4.62. The second kappa shape index (κ2) is 4.97. The molecule has 20 heavy (non-hydrogen) atoms. The molecule has 1 aromatic heterocycles. The Kier molecular flexibility index (Phi) is 3.28. The van der Waals surface area contributed by atoms with Gasteiger partial charge in [-0.05, 0) is 44.0 Å². The van der Waals surface area contributed by atoms with E-state index >= 15 is 0 Å². The highest BCUT2D eigenvalue weighted by Crippen LogP contribution is 2.38. The van der Waals surface area contributed by atoms with Gasteiger partial charge in [-0.3, -0.25) is 4.79 Å². The quantitative estimate of drug-likeness (QED) is 0.892. The van der Waals surface area contributed by atoms with Gasteiger partial charge in [0.15, 0.2) is 0 Å². The monoisotopic (exact) mass is 270 g/mol. The van der Waals surface area contributed by atoms with E-state index in [2.05, 4.69) is 48.1 Å². The van der Waals surface area contributed by atoms with Crippen LogP contribution >= 0.6 is 0 Å². The molecule has 1 heterocycles. The molecule has 3 nitrogen and oxygen atoms in total. The molecule has 1 aliphatic rings. The normalized spacial score (nSPS) is 17.5. The summed E-state index contributed by atoms with van der Waals surface area (Å²) >= 11 is 0. The summed E-state index contributed by atoms with van der Waals surface area (Å²) in [4.78, 5) is 12.4. The van der Waals surface area contributed by atoms with Gasteiger partial charge in [0.25, 0.3) is 0 Å². The van der Waals surface area contributed by atoms with Gasteiger partial charge in [-0.25, -0.2) is 0 Å². The lowest BCUT2D eigenvalue weighted by molar-refractivity contribution is -0.124. The van der Waals surface area contributed by atoms with Gasteiger partial charge in [0.2, 0.25) is 5.91 Å². The van der Waals surface area contributed by atoms with Crippen molar-refractivity contribution in [3.63, 3.8) is 0 Å². The van der Waals surface area contributed by atoms with Crippen LogP contribution < -0.4 is 5.32 Å². The van der Waals surface area contributed by atoms with E-state index in [0.29, 0.717) is 0 Å². The predicted molar refractivity (Wildman–Crippen MR) is 82.8 cm³/mol. The number of anilines is 1. The van der Waals surface area contributed by atoms with Gasteiger partial charge in [-0.2, -0.15) is 0 Å². The van der Waals surface area contributed by atoms with Gasteiger partial charge in [0.05, 0.1) is 0 Å². The minimum absolute atomic E-state index is 0.171. The molecular formula is C17H22N2O. The first-order chi connectivity index (χ1) is 9.62. The summed E-state index contributed by atoms with van der Waals surface area (Å²) < 4.78 is 2.21. The predicted octanol–water partition coefficient (Wildman–Crippen LogP) is 4.18. The van der Waals surface area contributed by atoms with Crippen LogP contribution in [0.3, 0.4) is 0 Å². The van der Waals surface area contributed by atoms with Crippen molar-refractivity contribution in [2.24, 2.45) is 5.41 Å². The minimum Gasteiger partial charge on any atom is -0.348 e. The van der Waals surface area contributed by atoms with Crippen molar-refractivity contribution >= 4 is 22.5 Å². The van der Waals surface area contributed by atoms with Gasteiger partial charge in [-0.1, -0.05) is 19.8 Å². The van der Waals surface area contributed by atoms with Gasteiger partial charge in [0, 0.05) is 34.7 Å². The molecule has 0 saturated heterocycles. The number of aromatic nitrogens is 1. The first-order valence-corrected chi connectivity index (χ1v) is 7.53. The highest BCUT2D eigenvalue weighted by molar-refractivity contribution is 5.97. The molecule has 2 aromatic rings. The number of aryl methyl sites for hydroxylation is 1. The third kappa shape index (κ3) is 2.21. The van der Waals surface area contributed by atoms with E-state index in [1.807, 2.05) is 6.07 Å². The number of benzene rings is 1. The Bertz CT molecular complexity index is 635. The van der Waals surface area contributed by atoms with Gasteiger partial charge in [-0.15, -0.1) is 0 Å². The van der Waals surface area contributed by atoms with E-state index in [1.54, 1.807) is 0 Å². The second-order valence-electron chi connectivity index (χ2n) is 6.10. The summed E-state index contributed by atoms with van der Waals surface area (Å²) in [6.45, 7) is 5.19. The highest BCUT2D eigenvalue weighted by atomic mass is 16.2. The van der Waals surface area contributed by atoms with E-state index in [1.165, 1.54) is 23.7 Å². The molecule has 0 bridgehead atoms. The Balaban J connectivity index is 1.82. The maximum Gasteiger partial charge on any atom is 0.230 e. The van der Waals surface area contributed by atoms with Crippen LogP contribution in [0, 0.1) is 5.41 Å². The van der Waals surface area contributed by atoms with Gasteiger partial charge < -0.3 is 9.88 Å². The minimum atomic E-state index is -0.176. The molecule has 3 rings (SSSR count). The van der Waals surface area contributed by atoms with Crippen LogP contribution in [-0.4, -0.2) is 10.5 Å². The molecule has 0 spiro atoms. The van der Waals surface area contributed by atoms with Gasteiger partial charge in [0.1, 0.15) is 0 Å². The molecule has 1 saturated carbocycles. The smallest absolute Gasteiger partial charge is 0.230 e. The zero-order valence-electron chi connectivity index (χ0n) is 12.3. The van der Waals surface area contributed by atoms with Crippen molar-refractivity contribution < 1.29 is 4.79 Å². The molecule has 1 aromatic carbocycles. The molecule has 1 N–H and O–H groups in total. The van der Waals surface area contributed by atoms with Crippen LogP contribution in [-0.2, 0) is 11.3 Å². The van der Waals surface area contributed by atoms with Crippen LogP contribution in [0.5, 0.6) is 0 Å². The lowest BCUT2D eigenvalue weighted by atomic mass is 9.88. The molecule has 106 valence electrons. The summed E-state index contributed by atoms with van der Waals surface area (Å²) in [7, 11) is 0. The molecule has 0 atom stereocenters. The fourth-order valence-corrected chi connectivity index (χ4v) is 3.22. The number of amides is 1. The van der Waals surface area contributed by atoms with Crippen molar-refractivity contribution in [1.29, 1.82) is 0 Å². The van der Waals surface area contributed by atoms with Crippen molar-refractivity contribution in [2.45, 2.75) is 46.1 Å². The number of fused-ring (bicyclic) bond motifs is 1. The maximum atomic E-state index is 12.4. The first kappa shape index (κ1) is 13.2. The van der Waals surface area contributed by atoms with E-state index in [9.17, 15) is 4.79 Å². The molecule has 0 aliphatic heterocycles. The molecule has 1 aliphatic carbocycles. The van der Waals surface area contributed by atoms with Crippen molar-refractivity contribution in [3.05, 3.63) is 30.5 Å². The summed E-state index contributed by atoms with van der Waals surface area (Å²) in [6, 6.07) is 8.26. The van der Waals surface area contributed by atoms with Crippen LogP contribution in [0.2, 0.25) is 0 Å². The molecule has 3 heteroatoms. The highest BCUT2D eigenvalue weighted by Gasteiger charge is 2.36. The number of carbonyl (C=O) groups is 1. The number of rotatable bonds is 3. The van der Waals surface area contributed by atoms with Gasteiger partial charge >= 0.3 is 0 Å². The third-order valence-electron chi connectivity index (χ3n) is 4.62. The van der Waals surface area contributed by atoms with E-state index in [-0.39, 0.29) is 11.3 Å².